The number of aliphatic carboxylic acids is 2. The number of hydrogen-bond acceptors (Lipinski definition) is 4. The lowest BCUT2D eigenvalue weighted by atomic mass is 9.89. The molecule has 0 saturated heterocycles. The zero-order chi connectivity index (χ0) is 11.9. The molecule has 0 bridgehead atoms. The van der Waals surface area contributed by atoms with Crippen LogP contribution in [-0.2, 0) is 14.4 Å². The van der Waals surface area contributed by atoms with Crippen LogP contribution < -0.4 is 0 Å². The van der Waals surface area contributed by atoms with Gasteiger partial charge in [0.1, 0.15) is 0 Å². The minimum Gasteiger partial charge on any atom is -0.481 e. The quantitative estimate of drug-likeness (QED) is 0.483. The molecular formula is C9H13NO5. The second kappa shape index (κ2) is 5.93. The first-order chi connectivity index (χ1) is 6.98. The molecule has 0 aliphatic heterocycles. The maximum absolute atomic E-state index is 10.9. The second-order valence-electron chi connectivity index (χ2n) is 3.18. The number of carboxylic acid groups (broad SMARTS) is 2. The molecule has 0 aliphatic rings. The normalized spacial score (nSPS) is 13.7. The number of nitrogens with zero attached hydrogens (tertiary/aromatic N) is 1. The van der Waals surface area contributed by atoms with Crippen LogP contribution in [0.15, 0.2) is 4.99 Å². The fourth-order valence-corrected chi connectivity index (χ4v) is 1.31. The lowest BCUT2D eigenvalue weighted by Crippen LogP contribution is -2.37. The lowest BCUT2D eigenvalue weighted by Gasteiger charge is -2.21. The number of isocyanates is 1. The summed E-state index contributed by atoms with van der Waals surface area (Å²) in [5.41, 5.74) is -1.63. The van der Waals surface area contributed by atoms with E-state index in [2.05, 4.69) is 4.99 Å². The molecule has 0 heterocycles. The van der Waals surface area contributed by atoms with E-state index in [-0.39, 0.29) is 19.3 Å². The van der Waals surface area contributed by atoms with Gasteiger partial charge in [0.25, 0.3) is 0 Å². The largest absolute Gasteiger partial charge is 0.481 e. The van der Waals surface area contributed by atoms with E-state index in [1.807, 2.05) is 0 Å². The highest BCUT2D eigenvalue weighted by Gasteiger charge is 2.37. The lowest BCUT2D eigenvalue weighted by molar-refractivity contribution is -0.144. The first kappa shape index (κ1) is 13.3. The van der Waals surface area contributed by atoms with Crippen molar-refractivity contribution in [3.05, 3.63) is 0 Å². The molecule has 0 unspecified atom stereocenters. The highest BCUT2D eigenvalue weighted by atomic mass is 16.4. The molecule has 0 saturated carbocycles. The molecule has 0 aromatic rings. The van der Waals surface area contributed by atoms with Gasteiger partial charge < -0.3 is 10.2 Å². The van der Waals surface area contributed by atoms with Gasteiger partial charge in [0.2, 0.25) is 6.08 Å². The van der Waals surface area contributed by atoms with Gasteiger partial charge in [-0.15, -0.1) is 0 Å². The summed E-state index contributed by atoms with van der Waals surface area (Å²) in [6.07, 6.45) is 1.30. The number of carbonyl (C=O) groups excluding carboxylic acids is 1. The van der Waals surface area contributed by atoms with Gasteiger partial charge in [0, 0.05) is 6.42 Å². The number of aliphatic imine (C=N–C) groups is 1. The fourth-order valence-electron chi connectivity index (χ4n) is 1.31. The van der Waals surface area contributed by atoms with Gasteiger partial charge in [-0.25, -0.2) is 9.59 Å². The summed E-state index contributed by atoms with van der Waals surface area (Å²) in [6.45, 7) is 1.73. The molecular weight excluding hydrogens is 202 g/mol. The minimum atomic E-state index is -1.63. The van der Waals surface area contributed by atoms with Gasteiger partial charge in [-0.05, 0) is 12.8 Å². The van der Waals surface area contributed by atoms with Crippen molar-refractivity contribution in [3.8, 4) is 0 Å². The van der Waals surface area contributed by atoms with Gasteiger partial charge in [0.05, 0.1) is 0 Å². The molecule has 0 aromatic heterocycles. The summed E-state index contributed by atoms with van der Waals surface area (Å²) >= 11 is 0. The van der Waals surface area contributed by atoms with E-state index < -0.39 is 17.5 Å². The number of carboxylic acids is 2. The number of carbonyl (C=O) groups is 2. The van der Waals surface area contributed by atoms with Crippen LogP contribution in [0.2, 0.25) is 0 Å². The third-order valence-corrected chi connectivity index (χ3v) is 2.07. The SMILES string of the molecule is CCC[C@@](CCC(=O)O)(N=C=O)C(=O)O. The predicted molar refractivity (Wildman–Crippen MR) is 50.3 cm³/mol. The summed E-state index contributed by atoms with van der Waals surface area (Å²) in [5.74, 6) is -2.40. The molecule has 1 atom stereocenters. The molecule has 0 aromatic carbocycles. The van der Waals surface area contributed by atoms with E-state index in [1.54, 1.807) is 6.92 Å². The third kappa shape index (κ3) is 3.91. The van der Waals surface area contributed by atoms with E-state index in [9.17, 15) is 14.4 Å². The van der Waals surface area contributed by atoms with Gasteiger partial charge >= 0.3 is 11.9 Å². The Bertz CT molecular complexity index is 291. The fraction of sp³-hybridized carbons (Fsp3) is 0.667. The third-order valence-electron chi connectivity index (χ3n) is 2.07. The van der Waals surface area contributed by atoms with Gasteiger partial charge in [-0.2, -0.15) is 4.99 Å². The van der Waals surface area contributed by atoms with Crippen molar-refractivity contribution in [2.24, 2.45) is 4.99 Å². The van der Waals surface area contributed by atoms with Crippen molar-refractivity contribution in [2.45, 2.75) is 38.1 Å². The van der Waals surface area contributed by atoms with E-state index in [0.29, 0.717) is 6.42 Å². The summed E-state index contributed by atoms with van der Waals surface area (Å²) in [6, 6.07) is 0. The molecule has 6 heteroatoms. The summed E-state index contributed by atoms with van der Waals surface area (Å²) < 4.78 is 0. The summed E-state index contributed by atoms with van der Waals surface area (Å²) in [7, 11) is 0. The highest BCUT2D eigenvalue weighted by Crippen LogP contribution is 2.24. The number of rotatable bonds is 7. The van der Waals surface area contributed by atoms with Crippen LogP contribution in [0.1, 0.15) is 32.6 Å². The molecule has 0 rings (SSSR count). The molecule has 0 spiro atoms. The van der Waals surface area contributed by atoms with E-state index in [4.69, 9.17) is 10.2 Å². The number of hydrogen-bond donors (Lipinski definition) is 2. The van der Waals surface area contributed by atoms with Crippen molar-refractivity contribution in [3.63, 3.8) is 0 Å². The van der Waals surface area contributed by atoms with E-state index in [0.717, 1.165) is 0 Å². The van der Waals surface area contributed by atoms with Gasteiger partial charge in [0.15, 0.2) is 5.54 Å². The predicted octanol–water partition coefficient (Wildman–Crippen LogP) is 0.810. The molecule has 0 aliphatic carbocycles. The standard InChI is InChI=1S/C9H13NO5/c1-2-4-9(8(14)15,10-6-11)5-3-7(12)13/h2-5H2,1H3,(H,12,13)(H,14,15)/t9-/m0/s1. The Hall–Kier alpha value is -1.68. The first-order valence-corrected chi connectivity index (χ1v) is 4.52. The van der Waals surface area contributed by atoms with Crippen LogP contribution in [0.3, 0.4) is 0 Å². The first-order valence-electron chi connectivity index (χ1n) is 4.52. The molecule has 15 heavy (non-hydrogen) atoms. The molecule has 84 valence electrons. The van der Waals surface area contributed by atoms with Crippen molar-refractivity contribution in [1.29, 1.82) is 0 Å². The van der Waals surface area contributed by atoms with Crippen LogP contribution in [0.25, 0.3) is 0 Å². The van der Waals surface area contributed by atoms with Gasteiger partial charge in [-0.1, -0.05) is 13.3 Å². The summed E-state index contributed by atoms with van der Waals surface area (Å²) in [5, 5.41) is 17.4. The molecule has 6 nitrogen and oxygen atoms in total. The minimum absolute atomic E-state index is 0.130. The van der Waals surface area contributed by atoms with Crippen LogP contribution in [0.5, 0.6) is 0 Å². The van der Waals surface area contributed by atoms with Gasteiger partial charge in [-0.3, -0.25) is 4.79 Å². The zero-order valence-electron chi connectivity index (χ0n) is 8.39. The average Bonchev–Trinajstić information content (AvgIpc) is 2.14. The highest BCUT2D eigenvalue weighted by molar-refractivity contribution is 5.81. The topological polar surface area (TPSA) is 104 Å². The smallest absolute Gasteiger partial charge is 0.332 e. The van der Waals surface area contributed by atoms with E-state index >= 15 is 0 Å². The second-order valence-corrected chi connectivity index (χ2v) is 3.18. The Morgan fingerprint density at radius 1 is 1.33 bits per heavy atom. The molecule has 0 amide bonds. The monoisotopic (exact) mass is 215 g/mol. The molecule has 2 N–H and O–H groups in total. The average molecular weight is 215 g/mol. The maximum atomic E-state index is 10.9. The Kier molecular flexibility index (Phi) is 5.26. The Morgan fingerprint density at radius 3 is 2.27 bits per heavy atom. The van der Waals surface area contributed by atoms with Crippen LogP contribution in [-0.4, -0.2) is 33.8 Å². The van der Waals surface area contributed by atoms with Crippen LogP contribution in [0.4, 0.5) is 0 Å². The summed E-state index contributed by atoms with van der Waals surface area (Å²) in [4.78, 5) is 34.7. The molecule has 0 radical (unpaired) electrons. The van der Waals surface area contributed by atoms with Crippen molar-refractivity contribution in [1.82, 2.24) is 0 Å². The van der Waals surface area contributed by atoms with Crippen molar-refractivity contribution in [2.75, 3.05) is 0 Å². The Labute approximate surface area is 86.6 Å². The maximum Gasteiger partial charge on any atom is 0.332 e. The Balaban J connectivity index is 4.85. The zero-order valence-corrected chi connectivity index (χ0v) is 8.39. The Morgan fingerprint density at radius 2 is 1.93 bits per heavy atom. The van der Waals surface area contributed by atoms with Crippen LogP contribution >= 0.6 is 0 Å². The van der Waals surface area contributed by atoms with Crippen LogP contribution in [0, 0.1) is 0 Å². The van der Waals surface area contributed by atoms with Crippen molar-refractivity contribution >= 4 is 18.0 Å². The van der Waals surface area contributed by atoms with Crippen molar-refractivity contribution < 1.29 is 24.6 Å². The van der Waals surface area contributed by atoms with E-state index in [1.165, 1.54) is 6.08 Å². The molecule has 0 fully saturated rings.